The molecule has 0 saturated carbocycles. The van der Waals surface area contributed by atoms with Crippen LogP contribution in [-0.2, 0) is 23.8 Å². The molecule has 0 unspecified atom stereocenters. The van der Waals surface area contributed by atoms with Gasteiger partial charge in [-0.3, -0.25) is 9.78 Å². The number of halogens is 3. The first-order valence-electron chi connectivity index (χ1n) is 11.8. The SMILES string of the molecule is O=C(Cc1cccnc1NCCc1cccnc1)Nc1cc(OC2CCNCC2)cc(C(F)(F)F)c1. The van der Waals surface area contributed by atoms with E-state index in [0.29, 0.717) is 30.8 Å². The number of amides is 1. The minimum atomic E-state index is -4.57. The van der Waals surface area contributed by atoms with Crippen LogP contribution in [0.2, 0.25) is 0 Å². The molecule has 1 amide bonds. The van der Waals surface area contributed by atoms with Crippen LogP contribution in [0.25, 0.3) is 0 Å². The van der Waals surface area contributed by atoms with Gasteiger partial charge in [0.2, 0.25) is 5.91 Å². The molecular weight excluding hydrogens is 471 g/mol. The predicted molar refractivity (Wildman–Crippen MR) is 131 cm³/mol. The highest BCUT2D eigenvalue weighted by Crippen LogP contribution is 2.35. The number of carbonyl (C=O) groups excluding carboxylic acids is 1. The fourth-order valence-electron chi connectivity index (χ4n) is 4.00. The minimum Gasteiger partial charge on any atom is -0.490 e. The fourth-order valence-corrected chi connectivity index (χ4v) is 4.00. The summed E-state index contributed by atoms with van der Waals surface area (Å²) in [7, 11) is 0. The van der Waals surface area contributed by atoms with Crippen LogP contribution in [0.15, 0.2) is 61.1 Å². The van der Waals surface area contributed by atoms with Crippen molar-refractivity contribution in [2.75, 3.05) is 30.3 Å². The summed E-state index contributed by atoms with van der Waals surface area (Å²) in [5.41, 5.74) is 0.865. The second-order valence-electron chi connectivity index (χ2n) is 8.59. The third-order valence-corrected chi connectivity index (χ3v) is 5.78. The molecular formula is C26H28F3N5O2. The molecule has 1 aromatic carbocycles. The van der Waals surface area contributed by atoms with Gasteiger partial charge >= 0.3 is 6.18 Å². The summed E-state index contributed by atoms with van der Waals surface area (Å²) in [6.45, 7) is 2.08. The molecule has 0 atom stereocenters. The molecule has 1 fully saturated rings. The topological polar surface area (TPSA) is 88.2 Å². The minimum absolute atomic E-state index is 0.0359. The molecule has 36 heavy (non-hydrogen) atoms. The first kappa shape index (κ1) is 25.4. The molecule has 1 saturated heterocycles. The second kappa shape index (κ2) is 11.9. The smallest absolute Gasteiger partial charge is 0.416 e. The van der Waals surface area contributed by atoms with Crippen molar-refractivity contribution < 1.29 is 22.7 Å². The number of benzene rings is 1. The lowest BCUT2D eigenvalue weighted by molar-refractivity contribution is -0.137. The van der Waals surface area contributed by atoms with Gasteiger partial charge in [0.1, 0.15) is 17.7 Å². The number of nitrogens with one attached hydrogen (secondary N) is 3. The first-order valence-corrected chi connectivity index (χ1v) is 11.8. The molecule has 0 spiro atoms. The Balaban J connectivity index is 1.42. The summed E-state index contributed by atoms with van der Waals surface area (Å²) in [6, 6.07) is 10.6. The zero-order chi connectivity index (χ0) is 25.4. The summed E-state index contributed by atoms with van der Waals surface area (Å²) in [6.07, 6.45) is 2.45. The van der Waals surface area contributed by atoms with E-state index in [2.05, 4.69) is 25.9 Å². The number of nitrogens with zero attached hydrogens (tertiary/aromatic N) is 2. The van der Waals surface area contributed by atoms with Gasteiger partial charge in [-0.25, -0.2) is 4.98 Å². The van der Waals surface area contributed by atoms with E-state index in [4.69, 9.17) is 4.74 Å². The maximum absolute atomic E-state index is 13.5. The predicted octanol–water partition coefficient (Wildman–Crippen LogP) is 4.46. The third-order valence-electron chi connectivity index (χ3n) is 5.78. The van der Waals surface area contributed by atoms with Gasteiger partial charge < -0.3 is 20.7 Å². The lowest BCUT2D eigenvalue weighted by atomic mass is 10.1. The molecule has 3 aromatic rings. The van der Waals surface area contributed by atoms with Gasteiger partial charge in [-0.15, -0.1) is 0 Å². The van der Waals surface area contributed by atoms with E-state index in [-0.39, 0.29) is 24.0 Å². The average molecular weight is 500 g/mol. The molecule has 2 aromatic heterocycles. The molecule has 0 aliphatic carbocycles. The quantitative estimate of drug-likeness (QED) is 0.403. The zero-order valence-electron chi connectivity index (χ0n) is 19.6. The van der Waals surface area contributed by atoms with Gasteiger partial charge in [0.05, 0.1) is 12.0 Å². The normalized spacial score (nSPS) is 14.3. The van der Waals surface area contributed by atoms with Gasteiger partial charge in [-0.05, 0) is 62.2 Å². The summed E-state index contributed by atoms with van der Waals surface area (Å²) in [5.74, 6) is 0.187. The summed E-state index contributed by atoms with van der Waals surface area (Å²) in [5, 5.41) is 9.01. The van der Waals surface area contributed by atoms with Crippen LogP contribution >= 0.6 is 0 Å². The van der Waals surface area contributed by atoms with E-state index in [0.717, 1.165) is 37.2 Å². The maximum atomic E-state index is 13.5. The van der Waals surface area contributed by atoms with E-state index in [1.165, 1.54) is 6.07 Å². The number of carbonyl (C=O) groups is 1. The highest BCUT2D eigenvalue weighted by atomic mass is 19.4. The molecule has 0 bridgehead atoms. The maximum Gasteiger partial charge on any atom is 0.416 e. The highest BCUT2D eigenvalue weighted by Gasteiger charge is 2.32. The number of aromatic nitrogens is 2. The standard InChI is InChI=1S/C26H28F3N5O2/c27-26(28,29)20-14-21(16-23(15-20)36-22-6-10-30-11-7-22)34-24(35)13-19-4-2-9-32-25(19)33-12-5-18-3-1-8-31-17-18/h1-4,8-9,14-17,22,30H,5-7,10-13H2,(H,32,33)(H,34,35). The molecule has 0 radical (unpaired) electrons. The zero-order valence-corrected chi connectivity index (χ0v) is 19.6. The Hall–Kier alpha value is -3.66. The third kappa shape index (κ3) is 7.42. The largest absolute Gasteiger partial charge is 0.490 e. The van der Waals surface area contributed by atoms with Crippen LogP contribution < -0.4 is 20.7 Å². The van der Waals surface area contributed by atoms with Crippen LogP contribution in [0.1, 0.15) is 29.5 Å². The molecule has 10 heteroatoms. The molecule has 1 aliphatic heterocycles. The Morgan fingerprint density at radius 1 is 1.11 bits per heavy atom. The lowest BCUT2D eigenvalue weighted by Crippen LogP contribution is -2.34. The van der Waals surface area contributed by atoms with Gasteiger partial charge in [0, 0.05) is 42.5 Å². The van der Waals surface area contributed by atoms with Gasteiger partial charge in [-0.2, -0.15) is 13.2 Å². The van der Waals surface area contributed by atoms with Crippen molar-refractivity contribution in [1.29, 1.82) is 0 Å². The first-order chi connectivity index (χ1) is 17.4. The van der Waals surface area contributed by atoms with Crippen LogP contribution in [0.3, 0.4) is 0 Å². The number of hydrogen-bond acceptors (Lipinski definition) is 6. The van der Waals surface area contributed by atoms with Crippen molar-refractivity contribution in [3.8, 4) is 5.75 Å². The van der Waals surface area contributed by atoms with E-state index >= 15 is 0 Å². The van der Waals surface area contributed by atoms with E-state index in [9.17, 15) is 18.0 Å². The molecule has 1 aliphatic rings. The van der Waals surface area contributed by atoms with Crippen LogP contribution in [-0.4, -0.2) is 41.6 Å². The number of pyridine rings is 2. The Labute approximate surface area is 207 Å². The van der Waals surface area contributed by atoms with E-state index in [1.807, 2.05) is 12.1 Å². The number of anilines is 2. The molecule has 3 heterocycles. The summed E-state index contributed by atoms with van der Waals surface area (Å²) < 4.78 is 46.3. The highest BCUT2D eigenvalue weighted by molar-refractivity contribution is 5.93. The van der Waals surface area contributed by atoms with E-state index in [1.54, 1.807) is 30.7 Å². The van der Waals surface area contributed by atoms with Crippen molar-refractivity contribution in [3.05, 3.63) is 77.7 Å². The number of ether oxygens (including phenoxy) is 1. The summed E-state index contributed by atoms with van der Waals surface area (Å²) >= 11 is 0. The van der Waals surface area contributed by atoms with Crippen LogP contribution in [0.5, 0.6) is 5.75 Å². The molecule has 7 nitrogen and oxygen atoms in total. The molecule has 4 rings (SSSR count). The molecule has 3 N–H and O–H groups in total. The number of alkyl halides is 3. The molecule has 190 valence electrons. The van der Waals surface area contributed by atoms with Gasteiger partial charge in [0.15, 0.2) is 0 Å². The lowest BCUT2D eigenvalue weighted by Gasteiger charge is -2.24. The van der Waals surface area contributed by atoms with Crippen molar-refractivity contribution >= 4 is 17.4 Å². The second-order valence-corrected chi connectivity index (χ2v) is 8.59. The Morgan fingerprint density at radius 3 is 2.67 bits per heavy atom. The van der Waals surface area contributed by atoms with Crippen molar-refractivity contribution in [2.24, 2.45) is 0 Å². The van der Waals surface area contributed by atoms with Crippen LogP contribution in [0, 0.1) is 0 Å². The van der Waals surface area contributed by atoms with Crippen molar-refractivity contribution in [2.45, 2.75) is 38.0 Å². The summed E-state index contributed by atoms with van der Waals surface area (Å²) in [4.78, 5) is 21.2. The van der Waals surface area contributed by atoms with E-state index < -0.39 is 17.6 Å². The van der Waals surface area contributed by atoms with Crippen molar-refractivity contribution in [1.82, 2.24) is 15.3 Å². The fraction of sp³-hybridized carbons (Fsp3) is 0.346. The number of hydrogen-bond donors (Lipinski definition) is 3. The Kier molecular flexibility index (Phi) is 8.37. The van der Waals surface area contributed by atoms with Crippen molar-refractivity contribution in [3.63, 3.8) is 0 Å². The van der Waals surface area contributed by atoms with Gasteiger partial charge in [-0.1, -0.05) is 12.1 Å². The number of piperidine rings is 1. The van der Waals surface area contributed by atoms with Gasteiger partial charge in [0.25, 0.3) is 0 Å². The van der Waals surface area contributed by atoms with Crippen LogP contribution in [0.4, 0.5) is 24.7 Å². The Morgan fingerprint density at radius 2 is 1.92 bits per heavy atom. The monoisotopic (exact) mass is 499 g/mol. The average Bonchev–Trinajstić information content (AvgIpc) is 2.86. The Bertz CT molecular complexity index is 1150. The number of rotatable bonds is 9.